The van der Waals surface area contributed by atoms with Crippen LogP contribution in [0.5, 0.6) is 0 Å². The zero-order chi connectivity index (χ0) is 16.1. The molecule has 0 aliphatic rings. The van der Waals surface area contributed by atoms with Crippen LogP contribution in [0.1, 0.15) is 23.1 Å². The standard InChI is InChI=1S/C18H18FNO2/c1-12-10-15(19)11-13(2)17(12)20-18(22)16(21)9-8-14-6-4-3-5-7-14/h3-7,10-11H,8-9H2,1-2H3,(H,20,22). The molecule has 0 atom stereocenters. The molecule has 0 saturated heterocycles. The van der Waals surface area contributed by atoms with Crippen LogP contribution >= 0.6 is 0 Å². The maximum atomic E-state index is 13.2. The monoisotopic (exact) mass is 299 g/mol. The fourth-order valence-electron chi connectivity index (χ4n) is 2.31. The van der Waals surface area contributed by atoms with Gasteiger partial charge in [-0.15, -0.1) is 0 Å². The summed E-state index contributed by atoms with van der Waals surface area (Å²) in [5.74, 6) is -1.50. The Hall–Kier alpha value is -2.49. The van der Waals surface area contributed by atoms with Crippen molar-refractivity contribution in [3.05, 3.63) is 65.0 Å². The quantitative estimate of drug-likeness (QED) is 0.858. The van der Waals surface area contributed by atoms with Crippen LogP contribution in [0.2, 0.25) is 0 Å². The number of carbonyl (C=O) groups excluding carboxylic acids is 2. The Labute approximate surface area is 129 Å². The van der Waals surface area contributed by atoms with Gasteiger partial charge >= 0.3 is 0 Å². The number of hydrogen-bond acceptors (Lipinski definition) is 2. The van der Waals surface area contributed by atoms with Crippen LogP contribution in [0.15, 0.2) is 42.5 Å². The van der Waals surface area contributed by atoms with Gasteiger partial charge in [-0.25, -0.2) is 4.39 Å². The summed E-state index contributed by atoms with van der Waals surface area (Å²) in [7, 11) is 0. The Kier molecular flexibility index (Phi) is 5.04. The summed E-state index contributed by atoms with van der Waals surface area (Å²) in [5.41, 5.74) is 2.71. The van der Waals surface area contributed by atoms with Crippen LogP contribution in [0.3, 0.4) is 0 Å². The molecule has 0 fully saturated rings. The molecule has 0 heterocycles. The zero-order valence-corrected chi connectivity index (χ0v) is 12.7. The Morgan fingerprint density at radius 1 is 1.05 bits per heavy atom. The molecule has 22 heavy (non-hydrogen) atoms. The summed E-state index contributed by atoms with van der Waals surface area (Å²) in [6.07, 6.45) is 0.670. The van der Waals surface area contributed by atoms with Crippen LogP contribution in [-0.2, 0) is 16.0 Å². The second-order valence-electron chi connectivity index (χ2n) is 5.28. The van der Waals surface area contributed by atoms with Gasteiger partial charge in [0.15, 0.2) is 0 Å². The average molecular weight is 299 g/mol. The lowest BCUT2D eigenvalue weighted by Gasteiger charge is -2.11. The number of nitrogens with one attached hydrogen (secondary N) is 1. The highest BCUT2D eigenvalue weighted by Crippen LogP contribution is 2.21. The molecule has 0 unspecified atom stereocenters. The van der Waals surface area contributed by atoms with E-state index in [4.69, 9.17) is 0 Å². The van der Waals surface area contributed by atoms with Crippen LogP contribution in [-0.4, -0.2) is 11.7 Å². The number of aryl methyl sites for hydroxylation is 3. The number of carbonyl (C=O) groups is 2. The Morgan fingerprint density at radius 3 is 2.23 bits per heavy atom. The highest BCUT2D eigenvalue weighted by atomic mass is 19.1. The molecule has 0 spiro atoms. The van der Waals surface area contributed by atoms with Crippen molar-refractivity contribution in [2.45, 2.75) is 26.7 Å². The van der Waals surface area contributed by atoms with E-state index in [1.165, 1.54) is 12.1 Å². The average Bonchev–Trinajstić information content (AvgIpc) is 2.49. The minimum Gasteiger partial charge on any atom is -0.319 e. The van der Waals surface area contributed by atoms with Crippen molar-refractivity contribution in [1.29, 1.82) is 0 Å². The maximum absolute atomic E-state index is 13.2. The van der Waals surface area contributed by atoms with Crippen molar-refractivity contribution in [3.8, 4) is 0 Å². The molecule has 0 aliphatic carbocycles. The van der Waals surface area contributed by atoms with Gasteiger partial charge in [-0.2, -0.15) is 0 Å². The second-order valence-corrected chi connectivity index (χ2v) is 5.28. The summed E-state index contributed by atoms with van der Waals surface area (Å²) in [6, 6.07) is 12.2. The van der Waals surface area contributed by atoms with Crippen molar-refractivity contribution in [2.24, 2.45) is 0 Å². The van der Waals surface area contributed by atoms with Crippen molar-refractivity contribution in [3.63, 3.8) is 0 Å². The molecule has 0 saturated carbocycles. The third kappa shape index (κ3) is 4.01. The minimum atomic E-state index is -0.659. The maximum Gasteiger partial charge on any atom is 0.291 e. The largest absolute Gasteiger partial charge is 0.319 e. The molecule has 114 valence electrons. The van der Waals surface area contributed by atoms with Gasteiger partial charge in [0.25, 0.3) is 5.91 Å². The van der Waals surface area contributed by atoms with Gasteiger partial charge in [-0.1, -0.05) is 30.3 Å². The molecule has 3 nitrogen and oxygen atoms in total. The van der Waals surface area contributed by atoms with Crippen LogP contribution in [0, 0.1) is 19.7 Å². The summed E-state index contributed by atoms with van der Waals surface area (Å²) >= 11 is 0. The summed E-state index contributed by atoms with van der Waals surface area (Å²) in [6.45, 7) is 3.39. The van der Waals surface area contributed by atoms with E-state index in [9.17, 15) is 14.0 Å². The van der Waals surface area contributed by atoms with Crippen LogP contribution in [0.25, 0.3) is 0 Å². The molecule has 2 rings (SSSR count). The third-order valence-electron chi connectivity index (χ3n) is 3.47. The molecular weight excluding hydrogens is 281 g/mol. The molecule has 4 heteroatoms. The fourth-order valence-corrected chi connectivity index (χ4v) is 2.31. The molecule has 0 aliphatic heterocycles. The first-order chi connectivity index (χ1) is 10.5. The second kappa shape index (κ2) is 6.98. The van der Waals surface area contributed by atoms with E-state index in [1.54, 1.807) is 13.8 Å². The van der Waals surface area contributed by atoms with E-state index in [-0.39, 0.29) is 12.2 Å². The summed E-state index contributed by atoms with van der Waals surface area (Å²) < 4.78 is 13.2. The Bertz CT molecular complexity index is 672. The molecule has 2 aromatic carbocycles. The minimum absolute atomic E-state index is 0.148. The van der Waals surface area contributed by atoms with Gasteiger partial charge in [-0.05, 0) is 49.1 Å². The molecule has 1 N–H and O–H groups in total. The third-order valence-corrected chi connectivity index (χ3v) is 3.47. The number of Topliss-reactive ketones (excluding diaryl/α,β-unsaturated/α-hetero) is 1. The highest BCUT2D eigenvalue weighted by molar-refractivity contribution is 6.40. The van der Waals surface area contributed by atoms with E-state index in [0.717, 1.165) is 5.56 Å². The van der Waals surface area contributed by atoms with Crippen molar-refractivity contribution in [1.82, 2.24) is 0 Å². The number of benzene rings is 2. The summed E-state index contributed by atoms with van der Waals surface area (Å²) in [4.78, 5) is 23.9. The molecule has 0 radical (unpaired) electrons. The van der Waals surface area contributed by atoms with E-state index >= 15 is 0 Å². The van der Waals surface area contributed by atoms with E-state index in [1.807, 2.05) is 30.3 Å². The van der Waals surface area contributed by atoms with Crippen LogP contribution in [0.4, 0.5) is 10.1 Å². The van der Waals surface area contributed by atoms with Crippen molar-refractivity contribution >= 4 is 17.4 Å². The number of anilines is 1. The number of rotatable bonds is 5. The van der Waals surface area contributed by atoms with Gasteiger partial charge in [0.1, 0.15) is 5.82 Å². The van der Waals surface area contributed by atoms with Crippen LogP contribution < -0.4 is 5.32 Å². The zero-order valence-electron chi connectivity index (χ0n) is 12.7. The molecule has 2 aromatic rings. The lowest BCUT2D eigenvalue weighted by atomic mass is 10.1. The van der Waals surface area contributed by atoms with Gasteiger partial charge in [-0.3, -0.25) is 9.59 Å². The van der Waals surface area contributed by atoms with E-state index < -0.39 is 11.7 Å². The van der Waals surface area contributed by atoms with E-state index in [0.29, 0.717) is 23.2 Å². The Morgan fingerprint density at radius 2 is 1.64 bits per heavy atom. The fraction of sp³-hybridized carbons (Fsp3) is 0.222. The lowest BCUT2D eigenvalue weighted by Crippen LogP contribution is -2.24. The SMILES string of the molecule is Cc1cc(F)cc(C)c1NC(=O)C(=O)CCc1ccccc1. The smallest absolute Gasteiger partial charge is 0.291 e. The molecular formula is C18H18FNO2. The molecule has 1 amide bonds. The predicted octanol–water partition coefficient (Wildman–Crippen LogP) is 3.58. The first-order valence-electron chi connectivity index (χ1n) is 7.12. The highest BCUT2D eigenvalue weighted by Gasteiger charge is 2.16. The van der Waals surface area contributed by atoms with Crippen molar-refractivity contribution in [2.75, 3.05) is 5.32 Å². The lowest BCUT2D eigenvalue weighted by molar-refractivity contribution is -0.134. The number of ketones is 1. The normalized spacial score (nSPS) is 10.3. The predicted molar refractivity (Wildman–Crippen MR) is 84.3 cm³/mol. The number of amides is 1. The van der Waals surface area contributed by atoms with E-state index in [2.05, 4.69) is 5.32 Å². The summed E-state index contributed by atoms with van der Waals surface area (Å²) in [5, 5.41) is 2.59. The topological polar surface area (TPSA) is 46.2 Å². The number of hydrogen-bond donors (Lipinski definition) is 1. The molecule has 0 bridgehead atoms. The van der Waals surface area contributed by atoms with Gasteiger partial charge in [0.2, 0.25) is 5.78 Å². The molecule has 0 aromatic heterocycles. The van der Waals surface area contributed by atoms with Gasteiger partial charge < -0.3 is 5.32 Å². The first kappa shape index (κ1) is 15.9. The first-order valence-corrected chi connectivity index (χ1v) is 7.12. The van der Waals surface area contributed by atoms with Crippen molar-refractivity contribution < 1.29 is 14.0 Å². The Balaban J connectivity index is 1.99. The van der Waals surface area contributed by atoms with Gasteiger partial charge in [0.05, 0.1) is 0 Å². The number of halogens is 1. The van der Waals surface area contributed by atoms with Gasteiger partial charge in [0, 0.05) is 12.1 Å².